The number of halogens is 3. The van der Waals surface area contributed by atoms with E-state index in [1.165, 1.54) is 12.1 Å². The first-order valence-electron chi connectivity index (χ1n) is 5.50. The number of aromatic nitrogens is 2. The normalized spacial score (nSPS) is 13.3. The second-order valence-corrected chi connectivity index (χ2v) is 3.94. The fraction of sp³-hybridized carbons (Fsp3) is 0.333. The van der Waals surface area contributed by atoms with Crippen molar-refractivity contribution in [2.75, 3.05) is 0 Å². The maximum atomic E-state index is 12.5. The number of nitrogens with zero attached hydrogens (tertiary/aromatic N) is 2. The van der Waals surface area contributed by atoms with E-state index in [4.69, 9.17) is 9.15 Å². The van der Waals surface area contributed by atoms with Gasteiger partial charge in [-0.15, -0.1) is 10.2 Å². The topological polar surface area (TPSA) is 48.2 Å². The van der Waals surface area contributed by atoms with Crippen LogP contribution in [0.2, 0.25) is 0 Å². The molecule has 0 fully saturated rings. The molecule has 0 radical (unpaired) electrons. The van der Waals surface area contributed by atoms with Crippen LogP contribution in [0.5, 0.6) is 5.75 Å². The molecule has 0 aliphatic heterocycles. The van der Waals surface area contributed by atoms with Crippen molar-refractivity contribution in [1.29, 1.82) is 0 Å². The van der Waals surface area contributed by atoms with E-state index in [1.807, 2.05) is 0 Å². The molecule has 19 heavy (non-hydrogen) atoms. The fourth-order valence-corrected chi connectivity index (χ4v) is 1.48. The SMILES string of the molecule is Cc1nnc([C@@H](C)Oc2cccc(C(F)(F)F)c2)o1. The second-order valence-electron chi connectivity index (χ2n) is 3.94. The van der Waals surface area contributed by atoms with Gasteiger partial charge in [-0.25, -0.2) is 0 Å². The summed E-state index contributed by atoms with van der Waals surface area (Å²) in [6, 6.07) is 4.63. The highest BCUT2D eigenvalue weighted by molar-refractivity contribution is 5.30. The van der Waals surface area contributed by atoms with Crippen LogP contribution in [0, 0.1) is 6.92 Å². The lowest BCUT2D eigenvalue weighted by atomic mass is 10.2. The molecule has 1 aromatic carbocycles. The Balaban J connectivity index is 2.15. The summed E-state index contributed by atoms with van der Waals surface area (Å²) in [5, 5.41) is 7.38. The molecule has 0 bridgehead atoms. The van der Waals surface area contributed by atoms with Crippen LogP contribution < -0.4 is 4.74 Å². The number of ether oxygens (including phenoxy) is 1. The van der Waals surface area contributed by atoms with E-state index in [0.29, 0.717) is 5.89 Å². The summed E-state index contributed by atoms with van der Waals surface area (Å²) in [5.41, 5.74) is -0.765. The van der Waals surface area contributed by atoms with Gasteiger partial charge in [0.1, 0.15) is 5.75 Å². The third-order valence-corrected chi connectivity index (χ3v) is 2.36. The molecule has 1 aromatic heterocycles. The lowest BCUT2D eigenvalue weighted by Gasteiger charge is -2.13. The van der Waals surface area contributed by atoms with Crippen LogP contribution in [-0.2, 0) is 6.18 Å². The van der Waals surface area contributed by atoms with Crippen molar-refractivity contribution in [3.63, 3.8) is 0 Å². The van der Waals surface area contributed by atoms with Crippen molar-refractivity contribution >= 4 is 0 Å². The number of rotatable bonds is 3. The summed E-state index contributed by atoms with van der Waals surface area (Å²) >= 11 is 0. The summed E-state index contributed by atoms with van der Waals surface area (Å²) in [7, 11) is 0. The molecule has 0 aliphatic carbocycles. The molecule has 2 rings (SSSR count). The number of hydrogen-bond donors (Lipinski definition) is 0. The predicted octanol–water partition coefficient (Wildman–Crippen LogP) is 3.54. The Kier molecular flexibility index (Phi) is 3.46. The van der Waals surface area contributed by atoms with Crippen molar-refractivity contribution in [3.8, 4) is 5.75 Å². The largest absolute Gasteiger partial charge is 0.481 e. The first kappa shape index (κ1) is 13.4. The highest BCUT2D eigenvalue weighted by Gasteiger charge is 2.30. The molecular weight excluding hydrogens is 261 g/mol. The average Bonchev–Trinajstić information content (AvgIpc) is 2.75. The number of hydrogen-bond acceptors (Lipinski definition) is 4. The van der Waals surface area contributed by atoms with Gasteiger partial charge in [-0.1, -0.05) is 6.07 Å². The van der Waals surface area contributed by atoms with Gasteiger partial charge in [0.2, 0.25) is 5.89 Å². The molecule has 0 aliphatic rings. The van der Waals surface area contributed by atoms with E-state index in [-0.39, 0.29) is 11.6 Å². The molecular formula is C12H11F3N2O2. The van der Waals surface area contributed by atoms with Gasteiger partial charge in [0.25, 0.3) is 5.89 Å². The number of benzene rings is 1. The number of aryl methyl sites for hydroxylation is 1. The molecule has 4 nitrogen and oxygen atoms in total. The van der Waals surface area contributed by atoms with Crippen LogP contribution in [0.1, 0.15) is 30.4 Å². The summed E-state index contributed by atoms with van der Waals surface area (Å²) in [6.07, 6.45) is -5.02. The molecule has 0 amide bonds. The van der Waals surface area contributed by atoms with Crippen LogP contribution in [0.3, 0.4) is 0 Å². The summed E-state index contributed by atoms with van der Waals surface area (Å²) in [4.78, 5) is 0. The first-order valence-corrected chi connectivity index (χ1v) is 5.50. The zero-order valence-electron chi connectivity index (χ0n) is 10.2. The van der Waals surface area contributed by atoms with Gasteiger partial charge in [-0.2, -0.15) is 13.2 Å². The lowest BCUT2D eigenvalue weighted by Crippen LogP contribution is -2.07. The molecule has 0 saturated carbocycles. The van der Waals surface area contributed by atoms with Crippen LogP contribution in [0.15, 0.2) is 28.7 Å². The Morgan fingerprint density at radius 1 is 1.26 bits per heavy atom. The average molecular weight is 272 g/mol. The third kappa shape index (κ3) is 3.24. The van der Waals surface area contributed by atoms with E-state index >= 15 is 0 Å². The fourth-order valence-electron chi connectivity index (χ4n) is 1.48. The minimum atomic E-state index is -4.40. The van der Waals surface area contributed by atoms with Gasteiger partial charge >= 0.3 is 6.18 Å². The summed E-state index contributed by atoms with van der Waals surface area (Å²) in [6.45, 7) is 3.24. The van der Waals surface area contributed by atoms with Crippen molar-refractivity contribution in [2.45, 2.75) is 26.1 Å². The third-order valence-electron chi connectivity index (χ3n) is 2.36. The Hall–Kier alpha value is -2.05. The smallest absolute Gasteiger partial charge is 0.416 e. The van der Waals surface area contributed by atoms with Crippen LogP contribution >= 0.6 is 0 Å². The highest BCUT2D eigenvalue weighted by Crippen LogP contribution is 2.32. The zero-order valence-corrected chi connectivity index (χ0v) is 10.2. The summed E-state index contributed by atoms with van der Waals surface area (Å²) < 4.78 is 48.1. The van der Waals surface area contributed by atoms with Gasteiger partial charge < -0.3 is 9.15 Å². The minimum absolute atomic E-state index is 0.0955. The van der Waals surface area contributed by atoms with E-state index in [2.05, 4.69) is 10.2 Å². The monoisotopic (exact) mass is 272 g/mol. The molecule has 0 saturated heterocycles. The van der Waals surface area contributed by atoms with Crippen LogP contribution in [0.4, 0.5) is 13.2 Å². The Labute approximate surface area is 107 Å². The summed E-state index contributed by atoms with van der Waals surface area (Å²) in [5.74, 6) is 0.683. The molecule has 102 valence electrons. The first-order chi connectivity index (χ1) is 8.86. The number of alkyl halides is 3. The van der Waals surface area contributed by atoms with Crippen molar-refractivity contribution in [3.05, 3.63) is 41.6 Å². The lowest BCUT2D eigenvalue weighted by molar-refractivity contribution is -0.137. The van der Waals surface area contributed by atoms with Crippen LogP contribution in [0.25, 0.3) is 0 Å². The molecule has 0 N–H and O–H groups in total. The molecule has 1 atom stereocenters. The Morgan fingerprint density at radius 3 is 2.58 bits per heavy atom. The predicted molar refractivity (Wildman–Crippen MR) is 59.5 cm³/mol. The van der Waals surface area contributed by atoms with Crippen molar-refractivity contribution in [1.82, 2.24) is 10.2 Å². The minimum Gasteiger partial charge on any atom is -0.481 e. The van der Waals surface area contributed by atoms with Gasteiger partial charge in [0.05, 0.1) is 5.56 Å². The van der Waals surface area contributed by atoms with Gasteiger partial charge in [-0.3, -0.25) is 0 Å². The quantitative estimate of drug-likeness (QED) is 0.857. The van der Waals surface area contributed by atoms with E-state index < -0.39 is 17.8 Å². The maximum Gasteiger partial charge on any atom is 0.416 e. The molecule has 7 heteroatoms. The van der Waals surface area contributed by atoms with Crippen LogP contribution in [-0.4, -0.2) is 10.2 Å². The van der Waals surface area contributed by atoms with E-state index in [9.17, 15) is 13.2 Å². The van der Waals surface area contributed by atoms with Gasteiger partial charge in [-0.05, 0) is 25.1 Å². The van der Waals surface area contributed by atoms with Crippen molar-refractivity contribution < 1.29 is 22.3 Å². The van der Waals surface area contributed by atoms with E-state index in [1.54, 1.807) is 13.8 Å². The molecule has 0 spiro atoms. The van der Waals surface area contributed by atoms with Crippen molar-refractivity contribution in [2.24, 2.45) is 0 Å². The Bertz CT molecular complexity index is 566. The van der Waals surface area contributed by atoms with Gasteiger partial charge in [0, 0.05) is 6.92 Å². The van der Waals surface area contributed by atoms with E-state index in [0.717, 1.165) is 12.1 Å². The highest BCUT2D eigenvalue weighted by atomic mass is 19.4. The standard InChI is InChI=1S/C12H11F3N2O2/c1-7(11-17-16-8(2)19-11)18-10-5-3-4-9(6-10)12(13,14)15/h3-7H,1-2H3/t7-/m1/s1. The second kappa shape index (κ2) is 4.91. The molecule has 0 unspecified atom stereocenters. The molecule has 1 heterocycles. The Morgan fingerprint density at radius 2 is 2.00 bits per heavy atom. The zero-order chi connectivity index (χ0) is 14.0. The maximum absolute atomic E-state index is 12.5. The van der Waals surface area contributed by atoms with Gasteiger partial charge in [0.15, 0.2) is 6.10 Å². The molecule has 2 aromatic rings.